The zero-order valence-corrected chi connectivity index (χ0v) is 17.2. The van der Waals surface area contributed by atoms with Crippen LogP contribution in [-0.4, -0.2) is 51.8 Å². The first kappa shape index (κ1) is 19.8. The minimum Gasteiger partial charge on any atom is -0.368 e. The highest BCUT2D eigenvalue weighted by Gasteiger charge is 2.27. The van der Waals surface area contributed by atoms with Crippen molar-refractivity contribution in [2.24, 2.45) is 0 Å². The molecular formula is C23H25N5O2. The lowest BCUT2D eigenvalue weighted by Crippen LogP contribution is -2.51. The summed E-state index contributed by atoms with van der Waals surface area (Å²) in [6.07, 6.45) is 3.37. The summed E-state index contributed by atoms with van der Waals surface area (Å²) in [6.45, 7) is 6.58. The molecule has 1 saturated heterocycles. The third kappa shape index (κ3) is 4.10. The van der Waals surface area contributed by atoms with Crippen molar-refractivity contribution in [3.8, 4) is 11.3 Å². The molecule has 3 heterocycles. The van der Waals surface area contributed by atoms with Gasteiger partial charge in [0.1, 0.15) is 6.04 Å². The summed E-state index contributed by atoms with van der Waals surface area (Å²) in [5, 5.41) is 4.44. The molecule has 1 amide bonds. The Labute approximate surface area is 175 Å². The number of anilines is 1. The van der Waals surface area contributed by atoms with Crippen LogP contribution < -0.4 is 10.5 Å². The van der Waals surface area contributed by atoms with Gasteiger partial charge in [0.25, 0.3) is 5.56 Å². The number of piperazine rings is 1. The van der Waals surface area contributed by atoms with Crippen LogP contribution in [0.4, 0.5) is 5.69 Å². The Balaban J connectivity index is 1.47. The number of aryl methyl sites for hydroxylation is 1. The number of hydrogen-bond donors (Lipinski definition) is 0. The molecule has 4 rings (SSSR count). The average Bonchev–Trinajstić information content (AvgIpc) is 2.79. The molecule has 0 aliphatic carbocycles. The fourth-order valence-electron chi connectivity index (χ4n) is 3.75. The number of carbonyl (C=O) groups excluding carboxylic acids is 1. The number of benzene rings is 1. The van der Waals surface area contributed by atoms with Crippen LogP contribution in [0, 0.1) is 6.92 Å². The van der Waals surface area contributed by atoms with Gasteiger partial charge in [-0.1, -0.05) is 12.1 Å². The molecule has 7 nitrogen and oxygen atoms in total. The molecule has 0 spiro atoms. The van der Waals surface area contributed by atoms with Gasteiger partial charge < -0.3 is 9.80 Å². The van der Waals surface area contributed by atoms with Crippen LogP contribution in [-0.2, 0) is 4.79 Å². The van der Waals surface area contributed by atoms with Crippen LogP contribution in [0.3, 0.4) is 0 Å². The second-order valence-corrected chi connectivity index (χ2v) is 7.57. The second-order valence-electron chi connectivity index (χ2n) is 7.57. The van der Waals surface area contributed by atoms with E-state index in [9.17, 15) is 9.59 Å². The minimum absolute atomic E-state index is 0.0863. The molecule has 1 aromatic carbocycles. The van der Waals surface area contributed by atoms with E-state index in [2.05, 4.69) is 46.2 Å². The van der Waals surface area contributed by atoms with Crippen LogP contribution in [0.2, 0.25) is 0 Å². The first-order valence-electron chi connectivity index (χ1n) is 10.1. The molecule has 0 bridgehead atoms. The van der Waals surface area contributed by atoms with E-state index in [4.69, 9.17) is 0 Å². The summed E-state index contributed by atoms with van der Waals surface area (Å²) in [4.78, 5) is 33.7. The summed E-state index contributed by atoms with van der Waals surface area (Å²) in [5.74, 6) is -0.0863. The van der Waals surface area contributed by atoms with Gasteiger partial charge >= 0.3 is 0 Å². The Morgan fingerprint density at radius 2 is 1.83 bits per heavy atom. The largest absolute Gasteiger partial charge is 0.368 e. The van der Waals surface area contributed by atoms with E-state index in [1.165, 1.54) is 22.0 Å². The van der Waals surface area contributed by atoms with Gasteiger partial charge in [-0.25, -0.2) is 4.68 Å². The smallest absolute Gasteiger partial charge is 0.267 e. The summed E-state index contributed by atoms with van der Waals surface area (Å²) in [7, 11) is 0. The third-order valence-electron chi connectivity index (χ3n) is 5.46. The normalized spacial score (nSPS) is 15.1. The zero-order valence-electron chi connectivity index (χ0n) is 17.2. The molecule has 1 aliphatic rings. The topological polar surface area (TPSA) is 71.3 Å². The van der Waals surface area contributed by atoms with Crippen molar-refractivity contribution >= 4 is 11.6 Å². The van der Waals surface area contributed by atoms with E-state index in [0.29, 0.717) is 18.8 Å². The lowest BCUT2D eigenvalue weighted by atomic mass is 10.1. The zero-order chi connectivity index (χ0) is 21.1. The Morgan fingerprint density at radius 1 is 1.03 bits per heavy atom. The maximum absolute atomic E-state index is 13.1. The molecular weight excluding hydrogens is 378 g/mol. The quantitative estimate of drug-likeness (QED) is 0.669. The number of pyridine rings is 1. The van der Waals surface area contributed by atoms with Crippen molar-refractivity contribution in [2.75, 3.05) is 31.1 Å². The molecule has 3 aromatic rings. The van der Waals surface area contributed by atoms with E-state index in [0.717, 1.165) is 18.7 Å². The lowest BCUT2D eigenvalue weighted by molar-refractivity contribution is -0.135. The summed E-state index contributed by atoms with van der Waals surface area (Å²) in [5.41, 5.74) is 3.53. The van der Waals surface area contributed by atoms with Gasteiger partial charge in [-0.2, -0.15) is 5.10 Å². The summed E-state index contributed by atoms with van der Waals surface area (Å²) >= 11 is 0. The maximum Gasteiger partial charge on any atom is 0.267 e. The number of carbonyl (C=O) groups is 1. The highest BCUT2D eigenvalue weighted by molar-refractivity contribution is 5.80. The van der Waals surface area contributed by atoms with Gasteiger partial charge in [0, 0.05) is 55.9 Å². The molecule has 7 heteroatoms. The van der Waals surface area contributed by atoms with Gasteiger partial charge in [0.15, 0.2) is 0 Å². The maximum atomic E-state index is 13.1. The molecule has 1 atom stereocenters. The SMILES string of the molecule is Cc1cccc(N2CCN(C(=O)C(C)n3nc(-c4cccnc4)ccc3=O)CC2)c1. The van der Waals surface area contributed by atoms with Crippen molar-refractivity contribution in [3.05, 3.63) is 76.8 Å². The lowest BCUT2D eigenvalue weighted by Gasteiger charge is -2.37. The number of hydrogen-bond acceptors (Lipinski definition) is 5. The van der Waals surface area contributed by atoms with Gasteiger partial charge in [0.05, 0.1) is 5.69 Å². The van der Waals surface area contributed by atoms with Crippen LogP contribution in [0.1, 0.15) is 18.5 Å². The first-order chi connectivity index (χ1) is 14.5. The highest BCUT2D eigenvalue weighted by atomic mass is 16.2. The van der Waals surface area contributed by atoms with Crippen LogP contribution in [0.5, 0.6) is 0 Å². The fraction of sp³-hybridized carbons (Fsp3) is 0.304. The van der Waals surface area contributed by atoms with Gasteiger partial charge in [-0.15, -0.1) is 0 Å². The van der Waals surface area contributed by atoms with Gasteiger partial charge in [-0.3, -0.25) is 14.6 Å². The predicted octanol–water partition coefficient (Wildman–Crippen LogP) is 2.52. The molecule has 154 valence electrons. The molecule has 0 N–H and O–H groups in total. The first-order valence-corrected chi connectivity index (χ1v) is 10.1. The van der Waals surface area contributed by atoms with E-state index in [1.54, 1.807) is 25.4 Å². The van der Waals surface area contributed by atoms with E-state index >= 15 is 0 Å². The molecule has 30 heavy (non-hydrogen) atoms. The molecule has 0 saturated carbocycles. The van der Waals surface area contributed by atoms with Crippen molar-refractivity contribution in [1.29, 1.82) is 0 Å². The Bertz CT molecular complexity index is 1090. The average molecular weight is 403 g/mol. The third-order valence-corrected chi connectivity index (χ3v) is 5.46. The van der Waals surface area contributed by atoms with E-state index in [-0.39, 0.29) is 11.5 Å². The number of nitrogens with zero attached hydrogens (tertiary/aromatic N) is 5. The number of aromatic nitrogens is 3. The monoisotopic (exact) mass is 403 g/mol. The standard InChI is InChI=1S/C23H25N5O2/c1-17-5-3-7-20(15-17)26-11-13-27(14-12-26)23(30)18(2)28-22(29)9-8-21(25-28)19-6-4-10-24-16-19/h3-10,15-16,18H,11-14H2,1-2H3. The molecule has 0 radical (unpaired) electrons. The van der Waals surface area contributed by atoms with Crippen molar-refractivity contribution in [1.82, 2.24) is 19.7 Å². The fourth-order valence-corrected chi connectivity index (χ4v) is 3.75. The molecule has 1 fully saturated rings. The van der Waals surface area contributed by atoms with E-state index < -0.39 is 6.04 Å². The summed E-state index contributed by atoms with van der Waals surface area (Å²) in [6, 6.07) is 14.5. The predicted molar refractivity (Wildman–Crippen MR) is 116 cm³/mol. The van der Waals surface area contributed by atoms with Crippen LogP contribution in [0.15, 0.2) is 65.7 Å². The molecule has 2 aromatic heterocycles. The Morgan fingerprint density at radius 3 is 2.53 bits per heavy atom. The minimum atomic E-state index is -0.667. The van der Waals surface area contributed by atoms with Gasteiger partial charge in [-0.05, 0) is 49.7 Å². The van der Waals surface area contributed by atoms with Gasteiger partial charge in [0.2, 0.25) is 5.91 Å². The summed E-state index contributed by atoms with van der Waals surface area (Å²) < 4.78 is 1.28. The molecule has 1 unspecified atom stereocenters. The highest BCUT2D eigenvalue weighted by Crippen LogP contribution is 2.19. The van der Waals surface area contributed by atoms with Crippen molar-refractivity contribution in [3.63, 3.8) is 0 Å². The number of amides is 1. The van der Waals surface area contributed by atoms with Crippen molar-refractivity contribution in [2.45, 2.75) is 19.9 Å². The second kappa shape index (κ2) is 8.49. The van der Waals surface area contributed by atoms with Crippen molar-refractivity contribution < 1.29 is 4.79 Å². The van der Waals surface area contributed by atoms with Crippen LogP contribution in [0.25, 0.3) is 11.3 Å². The Hall–Kier alpha value is -3.48. The van der Waals surface area contributed by atoms with E-state index in [1.807, 2.05) is 17.0 Å². The van der Waals surface area contributed by atoms with Crippen LogP contribution >= 0.6 is 0 Å². The Kier molecular flexibility index (Phi) is 5.61. The number of rotatable bonds is 4. The molecule has 1 aliphatic heterocycles.